The van der Waals surface area contributed by atoms with E-state index < -0.39 is 34.6 Å². The van der Waals surface area contributed by atoms with E-state index in [0.717, 1.165) is 38.0 Å². The third-order valence-electron chi connectivity index (χ3n) is 8.82. The number of hydrogen-bond acceptors (Lipinski definition) is 9. The van der Waals surface area contributed by atoms with Gasteiger partial charge in [-0.25, -0.2) is 19.2 Å². The lowest BCUT2D eigenvalue weighted by molar-refractivity contribution is -0.141. The van der Waals surface area contributed by atoms with Crippen LogP contribution in [0, 0.1) is 0 Å². The van der Waals surface area contributed by atoms with E-state index in [2.05, 4.69) is 25.8 Å². The fourth-order valence-corrected chi connectivity index (χ4v) is 6.22. The molecule has 0 bridgehead atoms. The van der Waals surface area contributed by atoms with Gasteiger partial charge in [-0.05, 0) is 98.4 Å². The third-order valence-corrected chi connectivity index (χ3v) is 8.82. The number of nitrogens with zero attached hydrogens (tertiary/aromatic N) is 5. The van der Waals surface area contributed by atoms with E-state index in [-0.39, 0.29) is 49.5 Å². The second-order valence-corrected chi connectivity index (χ2v) is 16.0. The van der Waals surface area contributed by atoms with Gasteiger partial charge in [-0.15, -0.1) is 0 Å². The first kappa shape index (κ1) is 40.1. The zero-order valence-electron chi connectivity index (χ0n) is 32.1. The number of nitrogens with one attached hydrogen (secondary N) is 3. The molecular formula is C37H56N8O7. The van der Waals surface area contributed by atoms with Gasteiger partial charge in [0.1, 0.15) is 22.6 Å². The van der Waals surface area contributed by atoms with Crippen molar-refractivity contribution in [2.24, 2.45) is 0 Å². The highest BCUT2D eigenvalue weighted by atomic mass is 16.6. The van der Waals surface area contributed by atoms with Gasteiger partial charge in [0.2, 0.25) is 5.91 Å². The maximum atomic E-state index is 13.5. The van der Waals surface area contributed by atoms with Crippen molar-refractivity contribution < 1.29 is 28.7 Å². The first-order valence-corrected chi connectivity index (χ1v) is 18.0. The summed E-state index contributed by atoms with van der Waals surface area (Å²) in [5, 5.41) is 8.36. The normalized spacial score (nSPS) is 17.7. The largest absolute Gasteiger partial charge is 0.444 e. The number of urea groups is 1. The van der Waals surface area contributed by atoms with Crippen LogP contribution in [0.3, 0.4) is 0 Å². The van der Waals surface area contributed by atoms with Gasteiger partial charge in [0.05, 0.1) is 5.69 Å². The molecule has 2 fully saturated rings. The van der Waals surface area contributed by atoms with Crippen LogP contribution in [0.5, 0.6) is 0 Å². The number of amides is 5. The quantitative estimate of drug-likeness (QED) is 0.356. The van der Waals surface area contributed by atoms with Gasteiger partial charge >= 0.3 is 23.9 Å². The Labute approximate surface area is 306 Å². The van der Waals surface area contributed by atoms with Crippen molar-refractivity contribution in [1.82, 2.24) is 34.9 Å². The molecule has 1 aromatic heterocycles. The standard InChI is InChI=1S/C37H56N8O7/c1-10-27-24-43(21-22-44(27)30(46)37(8,9)41-34(50)52-36(5,6)7)31(47)39-29-17-20-45(32(48)40-29)28-13-11-25(12-14-28)23-42-18-15-26(16-19-42)38-33(49)51-35(2,3)4/h11-14,17,20,26-27H,10,15-16,18-19,21-24H2,1-9H3,(H,38,49)(H,41,50)(H,39,40,47,48). The Balaban J connectivity index is 1.28. The Morgan fingerprint density at radius 1 is 0.846 bits per heavy atom. The van der Waals surface area contributed by atoms with Crippen LogP contribution in [0.15, 0.2) is 41.3 Å². The molecule has 0 radical (unpaired) electrons. The minimum atomic E-state index is -1.21. The highest BCUT2D eigenvalue weighted by molar-refractivity contribution is 5.91. The summed E-state index contributed by atoms with van der Waals surface area (Å²) in [6.07, 6.45) is 2.79. The molecule has 15 nitrogen and oxygen atoms in total. The van der Waals surface area contributed by atoms with Crippen molar-refractivity contribution in [3.8, 4) is 5.69 Å². The molecule has 3 N–H and O–H groups in total. The SMILES string of the molecule is CCC1CN(C(=O)Nc2ccn(-c3ccc(CN4CCC(NC(=O)OC(C)(C)C)CC4)cc3)c(=O)n2)CCN1C(=O)C(C)(C)NC(=O)OC(C)(C)C. The van der Waals surface area contributed by atoms with E-state index in [9.17, 15) is 24.0 Å². The van der Waals surface area contributed by atoms with Crippen molar-refractivity contribution in [3.05, 3.63) is 52.6 Å². The van der Waals surface area contributed by atoms with E-state index in [4.69, 9.17) is 9.47 Å². The number of aromatic nitrogens is 2. The maximum absolute atomic E-state index is 13.5. The Bertz CT molecular complexity index is 1640. The van der Waals surface area contributed by atoms with Crippen molar-refractivity contribution in [3.63, 3.8) is 0 Å². The number of piperazine rings is 1. The second kappa shape index (κ2) is 16.3. The highest BCUT2D eigenvalue weighted by Gasteiger charge is 2.40. The average molecular weight is 725 g/mol. The van der Waals surface area contributed by atoms with E-state index in [0.29, 0.717) is 12.1 Å². The molecule has 1 unspecified atom stereocenters. The number of ether oxygens (including phenoxy) is 2. The topological polar surface area (TPSA) is 167 Å². The predicted octanol–water partition coefficient (Wildman–Crippen LogP) is 4.48. The fraction of sp³-hybridized carbons (Fsp3) is 0.622. The maximum Gasteiger partial charge on any atom is 0.408 e. The Morgan fingerprint density at radius 3 is 2.04 bits per heavy atom. The number of piperidine rings is 1. The molecule has 0 aliphatic carbocycles. The molecule has 2 saturated heterocycles. The Morgan fingerprint density at radius 2 is 1.46 bits per heavy atom. The molecule has 1 atom stereocenters. The summed E-state index contributed by atoms with van der Waals surface area (Å²) in [7, 11) is 0. The van der Waals surface area contributed by atoms with Gasteiger partial charge in [-0.1, -0.05) is 19.1 Å². The van der Waals surface area contributed by atoms with Crippen molar-refractivity contribution in [2.75, 3.05) is 38.0 Å². The number of carbonyl (C=O) groups is 4. The molecule has 2 aliphatic rings. The summed E-state index contributed by atoms with van der Waals surface area (Å²) in [4.78, 5) is 73.9. The van der Waals surface area contributed by atoms with E-state index in [1.54, 1.807) is 56.7 Å². The van der Waals surface area contributed by atoms with Crippen molar-refractivity contribution in [1.29, 1.82) is 0 Å². The Kier molecular flexibility index (Phi) is 12.6. The van der Waals surface area contributed by atoms with Crippen LogP contribution in [-0.4, -0.2) is 110 Å². The lowest BCUT2D eigenvalue weighted by Crippen LogP contribution is -2.64. The van der Waals surface area contributed by atoms with Gasteiger partial charge in [0.25, 0.3) is 0 Å². The zero-order chi connectivity index (χ0) is 38.4. The van der Waals surface area contributed by atoms with Crippen LogP contribution < -0.4 is 21.6 Å². The van der Waals surface area contributed by atoms with Crippen LogP contribution in [-0.2, 0) is 20.8 Å². The lowest BCUT2D eigenvalue weighted by Gasteiger charge is -2.44. The highest BCUT2D eigenvalue weighted by Crippen LogP contribution is 2.21. The molecule has 2 aromatic rings. The molecule has 5 amide bonds. The monoisotopic (exact) mass is 724 g/mol. The van der Waals surface area contributed by atoms with Gasteiger partial charge in [0, 0.05) is 57.5 Å². The second-order valence-electron chi connectivity index (χ2n) is 16.0. The Hall–Kier alpha value is -4.66. The smallest absolute Gasteiger partial charge is 0.408 e. The summed E-state index contributed by atoms with van der Waals surface area (Å²) in [6.45, 7) is 19.3. The zero-order valence-corrected chi connectivity index (χ0v) is 32.1. The first-order chi connectivity index (χ1) is 24.2. The summed E-state index contributed by atoms with van der Waals surface area (Å²) in [5.74, 6) is -0.139. The summed E-state index contributed by atoms with van der Waals surface area (Å²) in [6, 6.07) is 8.65. The fourth-order valence-electron chi connectivity index (χ4n) is 6.22. The number of anilines is 1. The minimum Gasteiger partial charge on any atom is -0.444 e. The summed E-state index contributed by atoms with van der Waals surface area (Å²) < 4.78 is 12.1. The number of rotatable bonds is 8. The third kappa shape index (κ3) is 11.4. The van der Waals surface area contributed by atoms with Crippen molar-refractivity contribution in [2.45, 2.75) is 117 Å². The number of benzene rings is 1. The van der Waals surface area contributed by atoms with Crippen LogP contribution in [0.25, 0.3) is 5.69 Å². The molecule has 2 aliphatic heterocycles. The molecule has 52 heavy (non-hydrogen) atoms. The van der Waals surface area contributed by atoms with Crippen LogP contribution in [0.2, 0.25) is 0 Å². The van der Waals surface area contributed by atoms with Gasteiger partial charge in [-0.3, -0.25) is 19.6 Å². The molecule has 15 heteroatoms. The molecule has 0 saturated carbocycles. The summed E-state index contributed by atoms with van der Waals surface area (Å²) in [5.41, 5.74) is -1.23. The molecule has 4 rings (SSSR count). The number of carbonyl (C=O) groups excluding carboxylic acids is 4. The van der Waals surface area contributed by atoms with Crippen LogP contribution >= 0.6 is 0 Å². The predicted molar refractivity (Wildman–Crippen MR) is 197 cm³/mol. The number of likely N-dealkylation sites (tertiary alicyclic amines) is 1. The van der Waals surface area contributed by atoms with E-state index in [1.165, 1.54) is 4.57 Å². The summed E-state index contributed by atoms with van der Waals surface area (Å²) >= 11 is 0. The van der Waals surface area contributed by atoms with Gasteiger partial charge in [-0.2, -0.15) is 4.98 Å². The van der Waals surface area contributed by atoms with Gasteiger partial charge < -0.3 is 29.9 Å². The van der Waals surface area contributed by atoms with Crippen molar-refractivity contribution >= 4 is 29.9 Å². The molecule has 3 heterocycles. The van der Waals surface area contributed by atoms with Gasteiger partial charge in [0.15, 0.2) is 0 Å². The van der Waals surface area contributed by atoms with Crippen LogP contribution in [0.4, 0.5) is 20.2 Å². The molecule has 286 valence electrons. The molecular weight excluding hydrogens is 668 g/mol. The molecule has 1 aromatic carbocycles. The van der Waals surface area contributed by atoms with E-state index in [1.807, 2.05) is 52.0 Å². The van der Waals surface area contributed by atoms with Crippen LogP contribution in [0.1, 0.15) is 87.1 Å². The average Bonchev–Trinajstić information content (AvgIpc) is 3.03. The van der Waals surface area contributed by atoms with E-state index >= 15 is 0 Å². The number of hydrogen-bond donors (Lipinski definition) is 3. The number of alkyl carbamates (subject to hydrolysis) is 2. The lowest BCUT2D eigenvalue weighted by atomic mass is 10.00. The first-order valence-electron chi connectivity index (χ1n) is 18.0. The molecule has 0 spiro atoms. The minimum absolute atomic E-state index is 0.0867.